The number of fused-ring (bicyclic) bond motifs is 1. The third-order valence-electron chi connectivity index (χ3n) is 4.58. The van der Waals surface area contributed by atoms with Gasteiger partial charge in [-0.3, -0.25) is 4.79 Å². The van der Waals surface area contributed by atoms with Crippen LogP contribution in [0.2, 0.25) is 0 Å². The van der Waals surface area contributed by atoms with Crippen LogP contribution in [-0.2, 0) is 4.79 Å². The fraction of sp³-hybridized carbons (Fsp3) is 0.238. The lowest BCUT2D eigenvalue weighted by molar-refractivity contribution is -0.113. The number of benzene rings is 2. The van der Waals surface area contributed by atoms with Crippen molar-refractivity contribution in [2.45, 2.75) is 19.1 Å². The van der Waals surface area contributed by atoms with Gasteiger partial charge in [-0.05, 0) is 44.2 Å². The van der Waals surface area contributed by atoms with E-state index in [0.29, 0.717) is 23.9 Å². The van der Waals surface area contributed by atoms with Crippen LogP contribution in [0.1, 0.15) is 29.0 Å². The second kappa shape index (κ2) is 7.67. The number of anilines is 1. The zero-order valence-electron chi connectivity index (χ0n) is 15.6. The molecule has 28 heavy (non-hydrogen) atoms. The highest BCUT2D eigenvalue weighted by Crippen LogP contribution is 2.46. The number of nitrogens with zero attached hydrogens (tertiary/aromatic N) is 2. The summed E-state index contributed by atoms with van der Waals surface area (Å²) in [7, 11) is 0. The lowest BCUT2D eigenvalue weighted by Gasteiger charge is -2.19. The number of hydrogen-bond donors (Lipinski definition) is 1. The predicted octanol–water partition coefficient (Wildman–Crippen LogP) is 4.49. The van der Waals surface area contributed by atoms with Gasteiger partial charge in [0.05, 0.1) is 29.0 Å². The summed E-state index contributed by atoms with van der Waals surface area (Å²) in [5, 5.41) is 7.52. The Kier molecular flexibility index (Phi) is 5.09. The Morgan fingerprint density at radius 1 is 1.25 bits per heavy atom. The van der Waals surface area contributed by atoms with Gasteiger partial charge < -0.3 is 10.1 Å². The number of para-hydroxylation sites is 1. The number of aromatic nitrogens is 2. The normalized spacial score (nSPS) is 16.2. The second-order valence-corrected chi connectivity index (χ2v) is 7.54. The third kappa shape index (κ3) is 3.38. The molecule has 2 heterocycles. The fourth-order valence-corrected chi connectivity index (χ4v) is 4.60. The molecular formula is C21H20FN3O2S. The molecule has 7 heteroatoms. The van der Waals surface area contributed by atoms with Crippen LogP contribution in [0.25, 0.3) is 5.69 Å². The van der Waals surface area contributed by atoms with Crippen molar-refractivity contribution in [1.82, 2.24) is 9.78 Å². The van der Waals surface area contributed by atoms with E-state index in [1.165, 1.54) is 12.1 Å². The summed E-state index contributed by atoms with van der Waals surface area (Å²) in [6.07, 6.45) is 0. The molecule has 1 atom stereocenters. The summed E-state index contributed by atoms with van der Waals surface area (Å²) >= 11 is 1.55. The summed E-state index contributed by atoms with van der Waals surface area (Å²) in [6, 6.07) is 13.9. The van der Waals surface area contributed by atoms with Gasteiger partial charge in [-0.1, -0.05) is 18.2 Å². The molecule has 0 bridgehead atoms. The van der Waals surface area contributed by atoms with Gasteiger partial charge >= 0.3 is 0 Å². The van der Waals surface area contributed by atoms with E-state index in [9.17, 15) is 9.18 Å². The van der Waals surface area contributed by atoms with E-state index < -0.39 is 0 Å². The number of hydrogen-bond acceptors (Lipinski definition) is 4. The standard InChI is InChI=1S/C21H20FN3O2S/c1-3-27-17-7-5-4-6-16(17)20-19-13(2)24-25(15-10-8-14(22)9-11-15)21(19)23-18(26)12-28-20/h4-11,20H,3,12H2,1-2H3,(H,23,26). The van der Waals surface area contributed by atoms with Gasteiger partial charge in [0.2, 0.25) is 5.91 Å². The van der Waals surface area contributed by atoms with Crippen molar-refractivity contribution in [3.63, 3.8) is 0 Å². The highest BCUT2D eigenvalue weighted by molar-refractivity contribution is 8.00. The molecule has 3 aromatic rings. The Balaban J connectivity index is 1.88. The van der Waals surface area contributed by atoms with E-state index in [0.717, 1.165) is 22.6 Å². The van der Waals surface area contributed by atoms with Crippen molar-refractivity contribution >= 4 is 23.5 Å². The Bertz CT molecular complexity index is 1020. The zero-order chi connectivity index (χ0) is 19.7. The highest BCUT2D eigenvalue weighted by Gasteiger charge is 2.32. The van der Waals surface area contributed by atoms with Crippen LogP contribution in [0.5, 0.6) is 5.75 Å². The molecule has 0 fully saturated rings. The Morgan fingerprint density at radius 3 is 2.75 bits per heavy atom. The number of thioether (sulfide) groups is 1. The molecular weight excluding hydrogens is 377 g/mol. The molecule has 0 radical (unpaired) electrons. The zero-order valence-corrected chi connectivity index (χ0v) is 16.4. The van der Waals surface area contributed by atoms with Crippen molar-refractivity contribution in [3.05, 3.63) is 71.2 Å². The van der Waals surface area contributed by atoms with Crippen molar-refractivity contribution < 1.29 is 13.9 Å². The summed E-state index contributed by atoms with van der Waals surface area (Å²) in [5.74, 6) is 1.34. The first-order valence-corrected chi connectivity index (χ1v) is 10.1. The first-order valence-electron chi connectivity index (χ1n) is 9.07. The van der Waals surface area contributed by atoms with Crippen LogP contribution >= 0.6 is 11.8 Å². The molecule has 1 amide bonds. The minimum Gasteiger partial charge on any atom is -0.494 e. The predicted molar refractivity (Wildman–Crippen MR) is 109 cm³/mol. The Labute approximate surface area is 166 Å². The average Bonchev–Trinajstić information content (AvgIpc) is 2.89. The molecule has 2 aromatic carbocycles. The number of aryl methyl sites for hydroxylation is 1. The van der Waals surface area contributed by atoms with Crippen LogP contribution in [-0.4, -0.2) is 28.0 Å². The third-order valence-corrected chi connectivity index (χ3v) is 5.83. The molecule has 5 nitrogen and oxygen atoms in total. The monoisotopic (exact) mass is 397 g/mol. The maximum atomic E-state index is 13.4. The average molecular weight is 397 g/mol. The molecule has 4 rings (SSSR count). The maximum absolute atomic E-state index is 13.4. The minimum absolute atomic E-state index is 0.0918. The number of carbonyl (C=O) groups excluding carboxylic acids is 1. The summed E-state index contributed by atoms with van der Waals surface area (Å²) < 4.78 is 20.9. The van der Waals surface area contributed by atoms with E-state index in [-0.39, 0.29) is 17.0 Å². The first kappa shape index (κ1) is 18.6. The molecule has 1 aliphatic heterocycles. The highest BCUT2D eigenvalue weighted by atomic mass is 32.2. The van der Waals surface area contributed by atoms with Crippen LogP contribution in [0.4, 0.5) is 10.2 Å². The minimum atomic E-state index is -0.318. The molecule has 144 valence electrons. The smallest absolute Gasteiger partial charge is 0.235 e. The molecule has 0 aliphatic carbocycles. The molecule has 1 aromatic heterocycles. The Morgan fingerprint density at radius 2 is 2.00 bits per heavy atom. The number of rotatable bonds is 4. The molecule has 0 saturated heterocycles. The number of ether oxygens (including phenoxy) is 1. The lowest BCUT2D eigenvalue weighted by atomic mass is 10.0. The van der Waals surface area contributed by atoms with Crippen LogP contribution in [0.15, 0.2) is 48.5 Å². The molecule has 1 unspecified atom stereocenters. The van der Waals surface area contributed by atoms with E-state index >= 15 is 0 Å². The van der Waals surface area contributed by atoms with E-state index in [4.69, 9.17) is 4.74 Å². The van der Waals surface area contributed by atoms with Crippen molar-refractivity contribution in [2.75, 3.05) is 17.7 Å². The number of carbonyl (C=O) groups is 1. The molecule has 1 N–H and O–H groups in total. The molecule has 1 aliphatic rings. The van der Waals surface area contributed by atoms with Crippen molar-refractivity contribution in [1.29, 1.82) is 0 Å². The topological polar surface area (TPSA) is 56.1 Å². The number of halogens is 1. The largest absolute Gasteiger partial charge is 0.494 e. The van der Waals surface area contributed by atoms with Gasteiger partial charge in [-0.15, -0.1) is 11.8 Å². The summed E-state index contributed by atoms with van der Waals surface area (Å²) in [5.41, 5.74) is 3.45. The van der Waals surface area contributed by atoms with E-state index in [1.54, 1.807) is 28.6 Å². The maximum Gasteiger partial charge on any atom is 0.235 e. The Hall–Kier alpha value is -2.80. The van der Waals surface area contributed by atoms with Gasteiger partial charge in [0.25, 0.3) is 0 Å². The first-order chi connectivity index (χ1) is 13.6. The lowest BCUT2D eigenvalue weighted by Crippen LogP contribution is -2.15. The van der Waals surface area contributed by atoms with Gasteiger partial charge in [0, 0.05) is 11.1 Å². The van der Waals surface area contributed by atoms with Crippen molar-refractivity contribution in [3.8, 4) is 11.4 Å². The molecule has 0 spiro atoms. The number of amides is 1. The van der Waals surface area contributed by atoms with E-state index in [2.05, 4.69) is 10.4 Å². The van der Waals surface area contributed by atoms with Gasteiger partial charge in [-0.25, -0.2) is 9.07 Å². The van der Waals surface area contributed by atoms with Crippen LogP contribution in [0.3, 0.4) is 0 Å². The van der Waals surface area contributed by atoms with Gasteiger partial charge in [-0.2, -0.15) is 5.10 Å². The van der Waals surface area contributed by atoms with Gasteiger partial charge in [0.15, 0.2) is 0 Å². The van der Waals surface area contributed by atoms with Crippen molar-refractivity contribution in [2.24, 2.45) is 0 Å². The summed E-state index contributed by atoms with van der Waals surface area (Å²) in [6.45, 7) is 4.44. The molecule has 0 saturated carbocycles. The SMILES string of the molecule is CCOc1ccccc1C1SCC(=O)Nc2c1c(C)nn2-c1ccc(F)cc1. The van der Waals surface area contributed by atoms with Crippen LogP contribution < -0.4 is 10.1 Å². The second-order valence-electron chi connectivity index (χ2n) is 6.45. The van der Waals surface area contributed by atoms with Gasteiger partial charge in [0.1, 0.15) is 17.4 Å². The van der Waals surface area contributed by atoms with Crippen LogP contribution in [0, 0.1) is 12.7 Å². The summed E-state index contributed by atoms with van der Waals surface area (Å²) in [4.78, 5) is 12.4. The number of nitrogens with one attached hydrogen (secondary N) is 1. The van der Waals surface area contributed by atoms with E-state index in [1.807, 2.05) is 38.1 Å². The fourth-order valence-electron chi connectivity index (χ4n) is 3.38. The quantitative estimate of drug-likeness (QED) is 0.705.